The molecule has 1 rings (SSSR count). The van der Waals surface area contributed by atoms with Gasteiger partial charge in [-0.05, 0) is 17.8 Å². The molecule has 0 heterocycles. The summed E-state index contributed by atoms with van der Waals surface area (Å²) in [6.45, 7) is 6.07. The number of aldehydes is 1. The third-order valence-electron chi connectivity index (χ3n) is 2.75. The molecular weight excluding hydrogens is 152 g/mol. The van der Waals surface area contributed by atoms with Gasteiger partial charge in [0.2, 0.25) is 0 Å². The average molecular weight is 168 g/mol. The van der Waals surface area contributed by atoms with Crippen molar-refractivity contribution in [2.75, 3.05) is 0 Å². The first kappa shape index (κ1) is 9.43. The molecule has 2 atom stereocenters. The molecule has 1 saturated carbocycles. The number of Topliss-reactive ketones (excluding diaryl/α,β-unsaturated/α-hetero) is 1. The SMILES string of the molecule is CC1CC(=O)C(C=O)C(C)(C)C1. The van der Waals surface area contributed by atoms with Crippen LogP contribution in [0.2, 0.25) is 0 Å². The molecule has 2 unspecified atom stereocenters. The maximum Gasteiger partial charge on any atom is 0.143 e. The van der Waals surface area contributed by atoms with Crippen molar-refractivity contribution in [3.8, 4) is 0 Å². The van der Waals surface area contributed by atoms with Crippen LogP contribution in [0, 0.1) is 17.3 Å². The molecular formula is C10H16O2. The maximum absolute atomic E-state index is 11.4. The van der Waals surface area contributed by atoms with Crippen molar-refractivity contribution in [1.29, 1.82) is 0 Å². The van der Waals surface area contributed by atoms with E-state index < -0.39 is 0 Å². The first-order valence-electron chi connectivity index (χ1n) is 4.45. The van der Waals surface area contributed by atoms with Crippen LogP contribution in [0.5, 0.6) is 0 Å². The molecule has 0 aromatic rings. The predicted molar refractivity (Wildman–Crippen MR) is 46.7 cm³/mol. The zero-order valence-electron chi connectivity index (χ0n) is 7.96. The molecule has 0 spiro atoms. The molecule has 0 saturated heterocycles. The Labute approximate surface area is 73.3 Å². The standard InChI is InChI=1S/C10H16O2/c1-7-4-9(12)8(6-11)10(2,3)5-7/h6-8H,4-5H2,1-3H3. The van der Waals surface area contributed by atoms with Gasteiger partial charge in [0, 0.05) is 6.42 Å². The summed E-state index contributed by atoms with van der Waals surface area (Å²) in [5.74, 6) is 0.186. The summed E-state index contributed by atoms with van der Waals surface area (Å²) in [6.07, 6.45) is 2.36. The van der Waals surface area contributed by atoms with E-state index in [0.717, 1.165) is 12.7 Å². The zero-order valence-corrected chi connectivity index (χ0v) is 7.96. The fourth-order valence-corrected chi connectivity index (χ4v) is 2.26. The van der Waals surface area contributed by atoms with Gasteiger partial charge in [-0.15, -0.1) is 0 Å². The van der Waals surface area contributed by atoms with E-state index in [-0.39, 0.29) is 17.1 Å². The normalized spacial score (nSPS) is 34.8. The number of carbonyl (C=O) groups is 2. The minimum atomic E-state index is -0.367. The average Bonchev–Trinajstić information content (AvgIpc) is 1.82. The molecule has 1 aliphatic rings. The van der Waals surface area contributed by atoms with Crippen molar-refractivity contribution in [3.63, 3.8) is 0 Å². The molecule has 68 valence electrons. The van der Waals surface area contributed by atoms with E-state index in [2.05, 4.69) is 6.92 Å². The van der Waals surface area contributed by atoms with Crippen LogP contribution in [-0.4, -0.2) is 12.1 Å². The van der Waals surface area contributed by atoms with Gasteiger partial charge in [-0.2, -0.15) is 0 Å². The molecule has 2 nitrogen and oxygen atoms in total. The molecule has 0 N–H and O–H groups in total. The summed E-state index contributed by atoms with van der Waals surface area (Å²) in [7, 11) is 0. The molecule has 0 bridgehead atoms. The van der Waals surface area contributed by atoms with E-state index in [9.17, 15) is 9.59 Å². The Balaban J connectivity index is 2.85. The summed E-state index contributed by atoms with van der Waals surface area (Å²) >= 11 is 0. The van der Waals surface area contributed by atoms with Crippen molar-refractivity contribution in [2.45, 2.75) is 33.6 Å². The van der Waals surface area contributed by atoms with Crippen LogP contribution in [0.15, 0.2) is 0 Å². The number of hydrogen-bond acceptors (Lipinski definition) is 2. The largest absolute Gasteiger partial charge is 0.303 e. The van der Waals surface area contributed by atoms with Gasteiger partial charge in [-0.25, -0.2) is 0 Å². The fourth-order valence-electron chi connectivity index (χ4n) is 2.26. The topological polar surface area (TPSA) is 34.1 Å². The van der Waals surface area contributed by atoms with Gasteiger partial charge in [-0.3, -0.25) is 4.79 Å². The molecule has 12 heavy (non-hydrogen) atoms. The molecule has 1 fully saturated rings. The first-order valence-corrected chi connectivity index (χ1v) is 4.45. The Hall–Kier alpha value is -0.660. The smallest absolute Gasteiger partial charge is 0.143 e. The minimum absolute atomic E-state index is 0.119. The number of rotatable bonds is 1. The Morgan fingerprint density at radius 3 is 2.50 bits per heavy atom. The minimum Gasteiger partial charge on any atom is -0.303 e. The number of ketones is 1. The van der Waals surface area contributed by atoms with Crippen LogP contribution in [0.1, 0.15) is 33.6 Å². The second-order valence-electron chi connectivity index (χ2n) is 4.58. The molecule has 0 aliphatic heterocycles. The van der Waals surface area contributed by atoms with Crippen molar-refractivity contribution in [2.24, 2.45) is 17.3 Å². The van der Waals surface area contributed by atoms with Crippen LogP contribution in [0.25, 0.3) is 0 Å². The molecule has 2 heteroatoms. The summed E-state index contributed by atoms with van der Waals surface area (Å²) < 4.78 is 0. The Kier molecular flexibility index (Phi) is 2.36. The van der Waals surface area contributed by atoms with Crippen LogP contribution < -0.4 is 0 Å². The van der Waals surface area contributed by atoms with Crippen LogP contribution >= 0.6 is 0 Å². The van der Waals surface area contributed by atoms with Gasteiger partial charge in [0.25, 0.3) is 0 Å². The van der Waals surface area contributed by atoms with Crippen LogP contribution in [0.4, 0.5) is 0 Å². The highest BCUT2D eigenvalue weighted by Crippen LogP contribution is 2.39. The first-order chi connectivity index (χ1) is 5.47. The molecule has 1 aliphatic carbocycles. The maximum atomic E-state index is 11.4. The molecule has 0 amide bonds. The number of hydrogen-bond donors (Lipinski definition) is 0. The van der Waals surface area contributed by atoms with E-state index in [0.29, 0.717) is 12.3 Å². The fraction of sp³-hybridized carbons (Fsp3) is 0.800. The highest BCUT2D eigenvalue weighted by molar-refractivity contribution is 5.94. The summed E-state index contributed by atoms with van der Waals surface area (Å²) in [5.41, 5.74) is -0.128. The highest BCUT2D eigenvalue weighted by atomic mass is 16.1. The van der Waals surface area contributed by atoms with E-state index in [1.165, 1.54) is 0 Å². The van der Waals surface area contributed by atoms with Crippen molar-refractivity contribution >= 4 is 12.1 Å². The Morgan fingerprint density at radius 2 is 2.08 bits per heavy atom. The molecule has 0 aromatic heterocycles. The Bertz CT molecular complexity index is 206. The zero-order chi connectivity index (χ0) is 9.35. The van der Waals surface area contributed by atoms with Crippen LogP contribution in [0.3, 0.4) is 0 Å². The molecule has 0 radical (unpaired) electrons. The van der Waals surface area contributed by atoms with E-state index in [4.69, 9.17) is 0 Å². The third-order valence-corrected chi connectivity index (χ3v) is 2.75. The van der Waals surface area contributed by atoms with Gasteiger partial charge in [0.05, 0.1) is 5.92 Å². The third kappa shape index (κ3) is 1.57. The quantitative estimate of drug-likeness (QED) is 0.442. The number of carbonyl (C=O) groups excluding carboxylic acids is 2. The molecule has 0 aromatic carbocycles. The van der Waals surface area contributed by atoms with Crippen LogP contribution in [-0.2, 0) is 9.59 Å². The van der Waals surface area contributed by atoms with E-state index in [1.807, 2.05) is 13.8 Å². The summed E-state index contributed by atoms with van der Waals surface area (Å²) in [5, 5.41) is 0. The van der Waals surface area contributed by atoms with Crippen molar-refractivity contribution in [3.05, 3.63) is 0 Å². The lowest BCUT2D eigenvalue weighted by molar-refractivity contribution is -0.136. The van der Waals surface area contributed by atoms with Gasteiger partial charge in [0.15, 0.2) is 0 Å². The highest BCUT2D eigenvalue weighted by Gasteiger charge is 2.40. The van der Waals surface area contributed by atoms with Gasteiger partial charge in [-0.1, -0.05) is 20.8 Å². The predicted octanol–water partition coefficient (Wildman–Crippen LogP) is 1.83. The van der Waals surface area contributed by atoms with Gasteiger partial charge in [0.1, 0.15) is 12.1 Å². The summed E-state index contributed by atoms with van der Waals surface area (Å²) in [6, 6.07) is 0. The van der Waals surface area contributed by atoms with E-state index in [1.54, 1.807) is 0 Å². The van der Waals surface area contributed by atoms with Crippen molar-refractivity contribution < 1.29 is 9.59 Å². The monoisotopic (exact) mass is 168 g/mol. The van der Waals surface area contributed by atoms with Crippen molar-refractivity contribution in [1.82, 2.24) is 0 Å². The lowest BCUT2D eigenvalue weighted by atomic mass is 9.65. The van der Waals surface area contributed by atoms with E-state index >= 15 is 0 Å². The van der Waals surface area contributed by atoms with Gasteiger partial charge >= 0.3 is 0 Å². The second-order valence-corrected chi connectivity index (χ2v) is 4.58. The van der Waals surface area contributed by atoms with Gasteiger partial charge < -0.3 is 4.79 Å². The Morgan fingerprint density at radius 1 is 1.50 bits per heavy atom. The lowest BCUT2D eigenvalue weighted by Crippen LogP contribution is -2.39. The second kappa shape index (κ2) is 3.00. The lowest BCUT2D eigenvalue weighted by Gasteiger charge is -2.37. The summed E-state index contributed by atoms with van der Waals surface area (Å²) in [4.78, 5) is 22.1.